The summed E-state index contributed by atoms with van der Waals surface area (Å²) < 4.78 is 44.3. The van der Waals surface area contributed by atoms with Crippen molar-refractivity contribution in [3.05, 3.63) is 54.0 Å². The van der Waals surface area contributed by atoms with Gasteiger partial charge < -0.3 is 15.1 Å². The molecule has 0 radical (unpaired) electrons. The number of nitrogens with zero attached hydrogens (tertiary/aromatic N) is 3. The van der Waals surface area contributed by atoms with Crippen LogP contribution in [0.25, 0.3) is 11.6 Å². The minimum absolute atomic E-state index is 0.0886. The van der Waals surface area contributed by atoms with Crippen molar-refractivity contribution in [2.45, 2.75) is 30.9 Å². The number of amides is 1. The van der Waals surface area contributed by atoms with Gasteiger partial charge in [-0.3, -0.25) is 4.79 Å². The largest absolute Gasteiger partial charge is 0.418 e. The van der Waals surface area contributed by atoms with Crippen molar-refractivity contribution in [2.75, 3.05) is 11.9 Å². The molecule has 3 aromatic rings. The molecular weight excluding hydrogens is 411 g/mol. The number of rotatable bonds is 5. The van der Waals surface area contributed by atoms with E-state index >= 15 is 0 Å². The van der Waals surface area contributed by atoms with E-state index in [1.54, 1.807) is 18.3 Å². The van der Waals surface area contributed by atoms with Gasteiger partial charge in [-0.05, 0) is 61.6 Å². The van der Waals surface area contributed by atoms with Gasteiger partial charge in [0.05, 0.1) is 11.3 Å². The van der Waals surface area contributed by atoms with Crippen LogP contribution < -0.4 is 10.6 Å². The third kappa shape index (κ3) is 3.41. The summed E-state index contributed by atoms with van der Waals surface area (Å²) in [6.45, 7) is 0.567. The van der Waals surface area contributed by atoms with Gasteiger partial charge in [0, 0.05) is 18.4 Å². The smallest absolute Gasteiger partial charge is 0.416 e. The minimum atomic E-state index is -4.40. The highest BCUT2D eigenvalue weighted by Gasteiger charge is 2.58. The molecule has 5 rings (SSSR count). The first-order valence-electron chi connectivity index (χ1n) is 9.90. The summed E-state index contributed by atoms with van der Waals surface area (Å²) in [6.07, 6.45) is -0.361. The molecule has 1 amide bonds. The number of aromatic nitrogens is 3. The monoisotopic (exact) mass is 429 g/mol. The maximum Gasteiger partial charge on any atom is 0.416 e. The summed E-state index contributed by atoms with van der Waals surface area (Å²) in [5.74, 6) is 0.530. The number of alkyl halides is 3. The quantitative estimate of drug-likeness (QED) is 0.635. The second-order valence-corrected chi connectivity index (χ2v) is 7.76. The maximum atomic E-state index is 12.8. The van der Waals surface area contributed by atoms with Gasteiger partial charge in [-0.15, -0.1) is 10.2 Å². The predicted octanol–water partition coefficient (Wildman–Crippen LogP) is 4.06. The van der Waals surface area contributed by atoms with Gasteiger partial charge in [-0.1, -0.05) is 0 Å². The molecule has 2 fully saturated rings. The summed E-state index contributed by atoms with van der Waals surface area (Å²) >= 11 is 0. The number of halogens is 3. The van der Waals surface area contributed by atoms with Crippen molar-refractivity contribution in [1.29, 1.82) is 0 Å². The Hall–Kier alpha value is -3.43. The van der Waals surface area contributed by atoms with Crippen LogP contribution in [0.1, 0.15) is 30.7 Å². The number of pyridine rings is 1. The van der Waals surface area contributed by atoms with E-state index in [9.17, 15) is 18.0 Å². The first kappa shape index (κ1) is 19.5. The summed E-state index contributed by atoms with van der Waals surface area (Å²) in [5.41, 5.74) is -0.224. The molecular formula is C21H18F3N5O2. The Kier molecular flexibility index (Phi) is 4.45. The standard InChI is InChI=1S/C21H18F3N5O2/c22-21(23,24)13-5-7-14(8-6-13)27-15-2-1-10-25-16(15)17-28-29-19(31-17)20(12-3-4-12)9-11-26-18(20)30/h1-2,5-8,10,12,27H,3-4,9,11H2,(H,26,30)/t20-/m0/s1. The zero-order valence-corrected chi connectivity index (χ0v) is 16.2. The normalized spacial score (nSPS) is 21.2. The third-order valence-electron chi connectivity index (χ3n) is 5.79. The lowest BCUT2D eigenvalue weighted by molar-refractivity contribution is -0.137. The van der Waals surface area contributed by atoms with Gasteiger partial charge in [0.15, 0.2) is 5.69 Å². The maximum absolute atomic E-state index is 12.8. The zero-order chi connectivity index (χ0) is 21.6. The van der Waals surface area contributed by atoms with E-state index in [4.69, 9.17) is 4.42 Å². The van der Waals surface area contributed by atoms with Crippen molar-refractivity contribution >= 4 is 17.3 Å². The Labute approximate surface area is 175 Å². The van der Waals surface area contributed by atoms with Crippen LogP contribution in [-0.2, 0) is 16.4 Å². The number of anilines is 2. The van der Waals surface area contributed by atoms with Crippen LogP contribution >= 0.6 is 0 Å². The lowest BCUT2D eigenvalue weighted by atomic mass is 9.81. The highest BCUT2D eigenvalue weighted by atomic mass is 19.4. The van der Waals surface area contributed by atoms with Crippen LogP contribution in [-0.4, -0.2) is 27.6 Å². The molecule has 7 nitrogen and oxygen atoms in total. The molecule has 1 saturated heterocycles. The molecule has 0 unspecified atom stereocenters. The van der Waals surface area contributed by atoms with Gasteiger partial charge in [-0.2, -0.15) is 13.2 Å². The van der Waals surface area contributed by atoms with Crippen LogP contribution in [0.4, 0.5) is 24.5 Å². The summed E-state index contributed by atoms with van der Waals surface area (Å²) in [5, 5.41) is 14.2. The fourth-order valence-corrected chi connectivity index (χ4v) is 4.06. The van der Waals surface area contributed by atoms with E-state index in [1.165, 1.54) is 12.1 Å². The molecule has 2 aromatic heterocycles. The summed E-state index contributed by atoms with van der Waals surface area (Å²) in [6, 6.07) is 8.07. The Morgan fingerprint density at radius 1 is 1.13 bits per heavy atom. The lowest BCUT2D eigenvalue weighted by Crippen LogP contribution is -2.38. The molecule has 1 aromatic carbocycles. The van der Waals surface area contributed by atoms with Crippen molar-refractivity contribution in [3.8, 4) is 11.6 Å². The fraction of sp³-hybridized carbons (Fsp3) is 0.333. The molecule has 1 saturated carbocycles. The van der Waals surface area contributed by atoms with E-state index in [0.717, 1.165) is 25.0 Å². The number of hydrogen-bond acceptors (Lipinski definition) is 6. The molecule has 2 aliphatic rings. The average Bonchev–Trinajstić information content (AvgIpc) is 3.35. The highest BCUT2D eigenvalue weighted by molar-refractivity contribution is 5.90. The predicted molar refractivity (Wildman–Crippen MR) is 104 cm³/mol. The van der Waals surface area contributed by atoms with Crippen molar-refractivity contribution in [3.63, 3.8) is 0 Å². The van der Waals surface area contributed by atoms with Crippen LogP contribution in [0, 0.1) is 5.92 Å². The Morgan fingerprint density at radius 3 is 2.55 bits per heavy atom. The molecule has 10 heteroatoms. The Bertz CT molecular complexity index is 1120. The van der Waals surface area contributed by atoms with Crippen LogP contribution in [0.3, 0.4) is 0 Å². The van der Waals surface area contributed by atoms with E-state index in [1.807, 2.05) is 0 Å². The van der Waals surface area contributed by atoms with E-state index in [2.05, 4.69) is 25.8 Å². The first-order chi connectivity index (χ1) is 14.9. The zero-order valence-electron chi connectivity index (χ0n) is 16.2. The molecule has 1 atom stereocenters. The molecule has 0 spiro atoms. The van der Waals surface area contributed by atoms with Crippen LogP contribution in [0.5, 0.6) is 0 Å². The first-order valence-corrected chi connectivity index (χ1v) is 9.90. The third-order valence-corrected chi connectivity index (χ3v) is 5.79. The summed E-state index contributed by atoms with van der Waals surface area (Å²) in [4.78, 5) is 16.9. The topological polar surface area (TPSA) is 92.9 Å². The molecule has 1 aliphatic carbocycles. The Morgan fingerprint density at radius 2 is 1.90 bits per heavy atom. The van der Waals surface area contributed by atoms with Gasteiger partial charge in [0.2, 0.25) is 11.8 Å². The second-order valence-electron chi connectivity index (χ2n) is 7.76. The van der Waals surface area contributed by atoms with Crippen LogP contribution in [0.15, 0.2) is 47.0 Å². The van der Waals surface area contributed by atoms with Gasteiger partial charge in [-0.25, -0.2) is 4.98 Å². The number of benzene rings is 1. The van der Waals surface area contributed by atoms with Crippen molar-refractivity contribution in [2.24, 2.45) is 5.92 Å². The molecule has 3 heterocycles. The van der Waals surface area contributed by atoms with E-state index < -0.39 is 17.2 Å². The number of hydrogen-bond donors (Lipinski definition) is 2. The summed E-state index contributed by atoms with van der Waals surface area (Å²) in [7, 11) is 0. The molecule has 2 N–H and O–H groups in total. The Balaban J connectivity index is 1.45. The van der Waals surface area contributed by atoms with Crippen molar-refractivity contribution < 1.29 is 22.4 Å². The number of carbonyl (C=O) groups excluding carboxylic acids is 1. The fourth-order valence-electron chi connectivity index (χ4n) is 4.06. The second kappa shape index (κ2) is 7.07. The highest BCUT2D eigenvalue weighted by Crippen LogP contribution is 2.51. The van der Waals surface area contributed by atoms with Gasteiger partial charge in [0.25, 0.3) is 5.89 Å². The van der Waals surface area contributed by atoms with E-state index in [-0.39, 0.29) is 23.6 Å². The minimum Gasteiger partial charge on any atom is -0.418 e. The van der Waals surface area contributed by atoms with Gasteiger partial charge in [0.1, 0.15) is 5.41 Å². The van der Waals surface area contributed by atoms with Gasteiger partial charge >= 0.3 is 6.18 Å². The number of carbonyl (C=O) groups is 1. The van der Waals surface area contributed by atoms with E-state index in [0.29, 0.717) is 30.0 Å². The molecule has 1 aliphatic heterocycles. The number of nitrogens with one attached hydrogen (secondary N) is 2. The van der Waals surface area contributed by atoms with Crippen molar-refractivity contribution in [1.82, 2.24) is 20.5 Å². The van der Waals surface area contributed by atoms with Crippen LogP contribution in [0.2, 0.25) is 0 Å². The molecule has 0 bridgehead atoms. The molecule has 160 valence electrons. The average molecular weight is 429 g/mol. The lowest BCUT2D eigenvalue weighted by Gasteiger charge is -2.20. The molecule has 31 heavy (non-hydrogen) atoms. The SMILES string of the molecule is O=C1NCC[C@]1(c1nnc(-c2ncccc2Nc2ccc(C(F)(F)F)cc2)o1)C1CC1.